The summed E-state index contributed by atoms with van der Waals surface area (Å²) in [5.41, 5.74) is 5.47. The predicted molar refractivity (Wildman–Crippen MR) is 79.7 cm³/mol. The van der Waals surface area contributed by atoms with E-state index in [9.17, 15) is 9.59 Å². The standard InChI is InChI=1S/C11H12Cl2N6O2/c1-5(20)14-9-7(12)4-3-6(8(9)13)10(21)15-11-16-17-18-19(11)2/h3-4,17-18H,1-2H3,(H,14,20)(H,15,16,21). The van der Waals surface area contributed by atoms with Gasteiger partial charge in [0.05, 0.1) is 21.3 Å². The Kier molecular flexibility index (Phi) is 4.51. The second-order valence-electron chi connectivity index (χ2n) is 4.14. The van der Waals surface area contributed by atoms with Crippen LogP contribution in [-0.2, 0) is 4.79 Å². The molecular formula is C11H12Cl2N6O2. The number of benzene rings is 1. The molecule has 4 N–H and O–H groups in total. The van der Waals surface area contributed by atoms with E-state index in [0.29, 0.717) is 0 Å². The Labute approximate surface area is 130 Å². The van der Waals surface area contributed by atoms with E-state index >= 15 is 0 Å². The van der Waals surface area contributed by atoms with Crippen LogP contribution in [-0.4, -0.2) is 29.8 Å². The maximum atomic E-state index is 12.2. The van der Waals surface area contributed by atoms with E-state index in [2.05, 4.69) is 26.8 Å². The van der Waals surface area contributed by atoms with Gasteiger partial charge in [-0.1, -0.05) is 23.2 Å². The van der Waals surface area contributed by atoms with Crippen molar-refractivity contribution < 1.29 is 9.59 Å². The number of rotatable bonds is 2. The number of carbonyl (C=O) groups is 2. The van der Waals surface area contributed by atoms with Crippen molar-refractivity contribution in [3.63, 3.8) is 0 Å². The molecule has 1 heterocycles. The summed E-state index contributed by atoms with van der Waals surface area (Å²) in [6, 6.07) is 2.94. The first-order chi connectivity index (χ1) is 9.90. The van der Waals surface area contributed by atoms with Gasteiger partial charge < -0.3 is 5.32 Å². The summed E-state index contributed by atoms with van der Waals surface area (Å²) >= 11 is 12.1. The number of hydrogen-bond donors (Lipinski definition) is 4. The molecule has 2 rings (SSSR count). The van der Waals surface area contributed by atoms with Crippen LogP contribution >= 0.6 is 23.2 Å². The van der Waals surface area contributed by atoms with Crippen molar-refractivity contribution in [2.45, 2.75) is 6.92 Å². The molecule has 0 saturated heterocycles. The first kappa shape index (κ1) is 15.4. The van der Waals surface area contributed by atoms with Gasteiger partial charge in [-0.3, -0.25) is 19.9 Å². The normalized spacial score (nSPS) is 13.5. The van der Waals surface area contributed by atoms with Gasteiger partial charge in [-0.05, 0) is 12.1 Å². The number of hydrazone groups is 1. The van der Waals surface area contributed by atoms with E-state index in [-0.39, 0.29) is 33.2 Å². The van der Waals surface area contributed by atoms with E-state index in [1.165, 1.54) is 24.1 Å². The molecule has 1 aliphatic rings. The molecule has 1 aliphatic heterocycles. The highest BCUT2D eigenvalue weighted by Gasteiger charge is 2.21. The monoisotopic (exact) mass is 330 g/mol. The lowest BCUT2D eigenvalue weighted by molar-refractivity contribution is -0.114. The van der Waals surface area contributed by atoms with Crippen LogP contribution in [0.25, 0.3) is 0 Å². The molecule has 1 aromatic rings. The summed E-state index contributed by atoms with van der Waals surface area (Å²) in [6.07, 6.45) is 0. The van der Waals surface area contributed by atoms with Crippen LogP contribution in [0.2, 0.25) is 10.0 Å². The molecule has 112 valence electrons. The highest BCUT2D eigenvalue weighted by atomic mass is 35.5. The van der Waals surface area contributed by atoms with Crippen LogP contribution in [0.15, 0.2) is 17.2 Å². The summed E-state index contributed by atoms with van der Waals surface area (Å²) in [5.74, 6) is -0.559. The van der Waals surface area contributed by atoms with Crippen LogP contribution < -0.4 is 21.7 Å². The Morgan fingerprint density at radius 2 is 2.00 bits per heavy atom. The minimum atomic E-state index is -0.487. The molecule has 0 saturated carbocycles. The molecule has 0 spiro atoms. The Hall–Kier alpha value is -2.03. The largest absolute Gasteiger partial charge is 0.324 e. The third-order valence-electron chi connectivity index (χ3n) is 2.56. The topological polar surface area (TPSA) is 97.9 Å². The number of nitrogens with one attached hydrogen (secondary N) is 4. The second kappa shape index (κ2) is 6.17. The van der Waals surface area contributed by atoms with Crippen LogP contribution in [0.4, 0.5) is 5.69 Å². The lowest BCUT2D eigenvalue weighted by Gasteiger charge is -2.14. The minimum Gasteiger partial charge on any atom is -0.324 e. The SMILES string of the molecule is CC(=O)Nc1c(Cl)ccc(C(=O)NC2=NNNN2C)c1Cl. The molecule has 0 aliphatic carbocycles. The highest BCUT2D eigenvalue weighted by Crippen LogP contribution is 2.33. The zero-order valence-electron chi connectivity index (χ0n) is 11.1. The molecule has 0 aromatic heterocycles. The quantitative estimate of drug-likeness (QED) is 0.646. The third kappa shape index (κ3) is 3.35. The van der Waals surface area contributed by atoms with E-state index in [1.54, 1.807) is 7.05 Å². The van der Waals surface area contributed by atoms with Gasteiger partial charge in [0.25, 0.3) is 5.91 Å². The Balaban J connectivity index is 2.27. The molecular weight excluding hydrogens is 319 g/mol. The average Bonchev–Trinajstić information content (AvgIpc) is 2.79. The van der Waals surface area contributed by atoms with Crippen molar-refractivity contribution in [3.05, 3.63) is 27.7 Å². The summed E-state index contributed by atoms with van der Waals surface area (Å²) in [5, 5.41) is 10.6. The van der Waals surface area contributed by atoms with Crippen molar-refractivity contribution in [2.24, 2.45) is 5.10 Å². The summed E-state index contributed by atoms with van der Waals surface area (Å²) in [4.78, 5) is 23.4. The zero-order chi connectivity index (χ0) is 15.6. The van der Waals surface area contributed by atoms with E-state index in [0.717, 1.165) is 0 Å². The van der Waals surface area contributed by atoms with Crippen LogP contribution in [0, 0.1) is 0 Å². The molecule has 8 nitrogen and oxygen atoms in total. The lowest BCUT2D eigenvalue weighted by Crippen LogP contribution is -2.45. The second-order valence-corrected chi connectivity index (χ2v) is 4.92. The van der Waals surface area contributed by atoms with Gasteiger partial charge in [-0.25, -0.2) is 5.53 Å². The van der Waals surface area contributed by atoms with Crippen LogP contribution in [0.3, 0.4) is 0 Å². The smallest absolute Gasteiger partial charge is 0.259 e. The number of carbonyl (C=O) groups excluding carboxylic acids is 2. The molecule has 1 aromatic carbocycles. The van der Waals surface area contributed by atoms with Crippen molar-refractivity contribution in [2.75, 3.05) is 12.4 Å². The minimum absolute atomic E-state index is 0.0531. The molecule has 0 bridgehead atoms. The van der Waals surface area contributed by atoms with Crippen LogP contribution in [0.5, 0.6) is 0 Å². The maximum absolute atomic E-state index is 12.2. The van der Waals surface area contributed by atoms with Gasteiger partial charge in [0, 0.05) is 14.0 Å². The van der Waals surface area contributed by atoms with Crippen LogP contribution in [0.1, 0.15) is 17.3 Å². The number of anilines is 1. The molecule has 10 heteroatoms. The fraction of sp³-hybridized carbons (Fsp3) is 0.182. The fourth-order valence-electron chi connectivity index (χ4n) is 1.58. The van der Waals surface area contributed by atoms with Gasteiger partial charge in [-0.2, -0.15) is 0 Å². The molecule has 0 unspecified atom stereocenters. The molecule has 21 heavy (non-hydrogen) atoms. The first-order valence-electron chi connectivity index (χ1n) is 5.79. The van der Waals surface area contributed by atoms with Crippen molar-refractivity contribution in [3.8, 4) is 0 Å². The number of hydrogen-bond acceptors (Lipinski definition) is 6. The van der Waals surface area contributed by atoms with Gasteiger partial charge in [0.2, 0.25) is 11.9 Å². The molecule has 2 amide bonds. The van der Waals surface area contributed by atoms with Gasteiger partial charge in [-0.15, -0.1) is 10.6 Å². The first-order valence-corrected chi connectivity index (χ1v) is 6.54. The number of hydrazine groups is 2. The van der Waals surface area contributed by atoms with E-state index in [1.807, 2.05) is 0 Å². The van der Waals surface area contributed by atoms with Gasteiger partial charge in [0.15, 0.2) is 0 Å². The number of nitrogens with zero attached hydrogens (tertiary/aromatic N) is 2. The number of halogens is 2. The number of amides is 2. The van der Waals surface area contributed by atoms with E-state index in [4.69, 9.17) is 23.2 Å². The lowest BCUT2D eigenvalue weighted by atomic mass is 10.2. The molecule has 0 radical (unpaired) electrons. The highest BCUT2D eigenvalue weighted by molar-refractivity contribution is 6.41. The average molecular weight is 331 g/mol. The van der Waals surface area contributed by atoms with E-state index < -0.39 is 5.91 Å². The van der Waals surface area contributed by atoms with Gasteiger partial charge in [0.1, 0.15) is 0 Å². The third-order valence-corrected chi connectivity index (χ3v) is 3.27. The Bertz CT molecular complexity index is 633. The van der Waals surface area contributed by atoms with Crippen molar-refractivity contribution in [1.29, 1.82) is 0 Å². The number of guanidine groups is 1. The summed E-state index contributed by atoms with van der Waals surface area (Å²) in [6.45, 7) is 1.32. The predicted octanol–water partition coefficient (Wildman–Crippen LogP) is 0.907. The Morgan fingerprint density at radius 1 is 1.29 bits per heavy atom. The molecule has 0 atom stereocenters. The Morgan fingerprint density at radius 3 is 2.57 bits per heavy atom. The summed E-state index contributed by atoms with van der Waals surface area (Å²) in [7, 11) is 1.66. The maximum Gasteiger partial charge on any atom is 0.259 e. The fourth-order valence-corrected chi connectivity index (χ4v) is 2.13. The van der Waals surface area contributed by atoms with Gasteiger partial charge >= 0.3 is 0 Å². The van der Waals surface area contributed by atoms with Crippen molar-refractivity contribution in [1.82, 2.24) is 21.4 Å². The molecule has 0 fully saturated rings. The summed E-state index contributed by atoms with van der Waals surface area (Å²) < 4.78 is 0. The van der Waals surface area contributed by atoms with Crippen molar-refractivity contribution >= 4 is 46.7 Å². The zero-order valence-corrected chi connectivity index (χ0v) is 12.6.